The molecule has 1 saturated heterocycles. The Labute approximate surface area is 177 Å². The minimum atomic E-state index is 0.0972. The Bertz CT molecular complexity index is 1070. The first-order chi connectivity index (χ1) is 14.8. The van der Waals surface area contributed by atoms with Crippen molar-refractivity contribution >= 4 is 28.2 Å². The molecule has 4 heteroatoms. The monoisotopic (exact) mass is 398 g/mol. The van der Waals surface area contributed by atoms with E-state index in [2.05, 4.69) is 65.8 Å². The van der Waals surface area contributed by atoms with Crippen LogP contribution >= 0.6 is 0 Å². The number of benzene rings is 2. The third-order valence-corrected chi connectivity index (χ3v) is 5.00. The second-order valence-electron chi connectivity index (χ2n) is 7.00. The summed E-state index contributed by atoms with van der Waals surface area (Å²) in [5, 5.41) is 4.44. The van der Waals surface area contributed by atoms with E-state index in [1.165, 1.54) is 22.1 Å². The topological polar surface area (TPSA) is 43.4 Å². The van der Waals surface area contributed by atoms with Gasteiger partial charge in [0.2, 0.25) is 0 Å². The van der Waals surface area contributed by atoms with Crippen LogP contribution in [0.15, 0.2) is 85.2 Å². The summed E-state index contributed by atoms with van der Waals surface area (Å²) in [4.78, 5) is 4.40. The smallest absolute Gasteiger partial charge is 0.157 e. The van der Waals surface area contributed by atoms with Crippen molar-refractivity contribution in [2.45, 2.75) is 19.6 Å². The summed E-state index contributed by atoms with van der Waals surface area (Å²) < 4.78 is 10.2. The van der Waals surface area contributed by atoms with Gasteiger partial charge in [-0.25, -0.2) is 0 Å². The van der Waals surface area contributed by atoms with Gasteiger partial charge < -0.3 is 14.8 Å². The number of para-hydroxylation sites is 2. The van der Waals surface area contributed by atoms with Crippen LogP contribution in [0.5, 0.6) is 0 Å². The molecule has 0 radical (unpaired) electrons. The highest BCUT2D eigenvalue weighted by Gasteiger charge is 2.11. The molecule has 2 aromatic carbocycles. The number of allylic oxidation sites excluding steroid dienone is 4. The third-order valence-electron chi connectivity index (χ3n) is 5.00. The standard InChI is InChI=1S/C21H16N2.C5H10O2/c1-3-10-20-18(8-1)16(12-14-22-20)6-5-7-17-13-15-23-21-11-4-2-9-19(17)21;1-2-5-6-3-4-7-5/h1-15,22H;5H,2-4H2,1H3. The molecule has 1 fully saturated rings. The SMILES string of the molecule is C(=Cc1ccnc2ccccc12)C=C1C=CNc2ccccc21.CCC1OCCO1. The van der Waals surface area contributed by atoms with Crippen LogP contribution in [0.3, 0.4) is 0 Å². The lowest BCUT2D eigenvalue weighted by molar-refractivity contribution is -0.0430. The molecule has 0 bridgehead atoms. The fraction of sp³-hybridized carbons (Fsp3) is 0.192. The second kappa shape index (κ2) is 10.0. The van der Waals surface area contributed by atoms with E-state index in [0.29, 0.717) is 0 Å². The Morgan fingerprint density at radius 3 is 2.67 bits per heavy atom. The first-order valence-corrected chi connectivity index (χ1v) is 10.3. The van der Waals surface area contributed by atoms with Crippen molar-refractivity contribution < 1.29 is 9.47 Å². The number of fused-ring (bicyclic) bond motifs is 2. The molecule has 3 heterocycles. The van der Waals surface area contributed by atoms with Crippen molar-refractivity contribution in [2.75, 3.05) is 18.5 Å². The van der Waals surface area contributed by atoms with Crippen molar-refractivity contribution in [3.63, 3.8) is 0 Å². The van der Waals surface area contributed by atoms with E-state index in [4.69, 9.17) is 9.47 Å². The summed E-state index contributed by atoms with van der Waals surface area (Å²) in [5.41, 5.74) is 5.77. The molecular formula is C26H26N2O2. The Balaban J connectivity index is 0.000000265. The zero-order valence-electron chi connectivity index (χ0n) is 17.1. The predicted octanol–water partition coefficient (Wildman–Crippen LogP) is 6.04. The van der Waals surface area contributed by atoms with Crippen molar-refractivity contribution in [1.29, 1.82) is 0 Å². The minimum Gasteiger partial charge on any atom is -0.361 e. The van der Waals surface area contributed by atoms with Crippen molar-refractivity contribution in [3.8, 4) is 0 Å². The summed E-state index contributed by atoms with van der Waals surface area (Å²) in [6.07, 6.45) is 13.4. The number of pyridine rings is 1. The van der Waals surface area contributed by atoms with Crippen LogP contribution in [-0.2, 0) is 9.47 Å². The normalized spacial score (nSPS) is 17.0. The number of ether oxygens (including phenoxy) is 2. The molecule has 3 aromatic rings. The third kappa shape index (κ3) is 4.85. The summed E-state index contributed by atoms with van der Waals surface area (Å²) in [7, 11) is 0. The molecule has 4 nitrogen and oxygen atoms in total. The van der Waals surface area contributed by atoms with E-state index in [1.807, 2.05) is 42.7 Å². The van der Waals surface area contributed by atoms with Crippen LogP contribution in [0.4, 0.5) is 5.69 Å². The van der Waals surface area contributed by atoms with Crippen molar-refractivity contribution in [1.82, 2.24) is 4.98 Å². The van der Waals surface area contributed by atoms with Crippen molar-refractivity contribution in [2.24, 2.45) is 0 Å². The predicted molar refractivity (Wildman–Crippen MR) is 124 cm³/mol. The number of anilines is 1. The average molecular weight is 399 g/mol. The average Bonchev–Trinajstić information content (AvgIpc) is 3.34. The van der Waals surface area contributed by atoms with Crippen LogP contribution in [0.25, 0.3) is 22.6 Å². The zero-order chi connectivity index (χ0) is 20.6. The maximum atomic E-state index is 5.08. The highest BCUT2D eigenvalue weighted by Crippen LogP contribution is 2.28. The van der Waals surface area contributed by atoms with Gasteiger partial charge in [0, 0.05) is 29.0 Å². The number of rotatable bonds is 3. The lowest BCUT2D eigenvalue weighted by atomic mass is 10.0. The van der Waals surface area contributed by atoms with E-state index < -0.39 is 0 Å². The maximum absolute atomic E-state index is 5.08. The minimum absolute atomic E-state index is 0.0972. The Morgan fingerprint density at radius 1 is 1.03 bits per heavy atom. The first kappa shape index (κ1) is 20.1. The Kier molecular flexibility index (Phi) is 6.70. The van der Waals surface area contributed by atoms with Gasteiger partial charge in [-0.1, -0.05) is 61.5 Å². The van der Waals surface area contributed by atoms with E-state index in [0.717, 1.165) is 30.8 Å². The van der Waals surface area contributed by atoms with Crippen molar-refractivity contribution in [3.05, 3.63) is 96.3 Å². The number of hydrogen-bond acceptors (Lipinski definition) is 4. The highest BCUT2D eigenvalue weighted by molar-refractivity contribution is 5.89. The Hall–Kier alpha value is -3.21. The molecule has 30 heavy (non-hydrogen) atoms. The zero-order valence-corrected chi connectivity index (χ0v) is 17.1. The molecule has 0 spiro atoms. The van der Waals surface area contributed by atoms with Gasteiger partial charge in [0.25, 0.3) is 0 Å². The van der Waals surface area contributed by atoms with Gasteiger partial charge in [-0.3, -0.25) is 4.98 Å². The number of hydrogen-bond donors (Lipinski definition) is 1. The second-order valence-corrected chi connectivity index (χ2v) is 7.00. The molecule has 0 amide bonds. The van der Waals surface area contributed by atoms with Gasteiger partial charge in [0.05, 0.1) is 18.7 Å². The number of nitrogens with zero attached hydrogens (tertiary/aromatic N) is 1. The fourth-order valence-corrected chi connectivity index (χ4v) is 3.48. The number of nitrogens with one attached hydrogen (secondary N) is 1. The summed E-state index contributed by atoms with van der Waals surface area (Å²) in [6.45, 7) is 3.60. The molecule has 152 valence electrons. The molecular weight excluding hydrogens is 372 g/mol. The van der Waals surface area contributed by atoms with Gasteiger partial charge in [-0.15, -0.1) is 0 Å². The fourth-order valence-electron chi connectivity index (χ4n) is 3.48. The molecule has 0 atom stereocenters. The molecule has 1 aromatic heterocycles. The molecule has 0 unspecified atom stereocenters. The molecule has 0 aliphatic carbocycles. The van der Waals surface area contributed by atoms with Gasteiger partial charge in [0.15, 0.2) is 6.29 Å². The highest BCUT2D eigenvalue weighted by atomic mass is 16.7. The Morgan fingerprint density at radius 2 is 1.83 bits per heavy atom. The summed E-state index contributed by atoms with van der Waals surface area (Å²) in [6, 6.07) is 18.6. The van der Waals surface area contributed by atoms with Crippen LogP contribution < -0.4 is 5.32 Å². The molecule has 2 aliphatic heterocycles. The van der Waals surface area contributed by atoms with E-state index >= 15 is 0 Å². The quantitative estimate of drug-likeness (QED) is 0.584. The summed E-state index contributed by atoms with van der Waals surface area (Å²) in [5.74, 6) is 0. The molecule has 2 aliphatic rings. The van der Waals surface area contributed by atoms with Gasteiger partial charge in [0.1, 0.15) is 0 Å². The van der Waals surface area contributed by atoms with Gasteiger partial charge >= 0.3 is 0 Å². The van der Waals surface area contributed by atoms with Crippen LogP contribution in [0, 0.1) is 0 Å². The largest absolute Gasteiger partial charge is 0.361 e. The van der Waals surface area contributed by atoms with Crippen LogP contribution in [0.1, 0.15) is 24.5 Å². The molecule has 0 saturated carbocycles. The van der Waals surface area contributed by atoms with Gasteiger partial charge in [-0.05, 0) is 41.8 Å². The van der Waals surface area contributed by atoms with Crippen LogP contribution in [-0.4, -0.2) is 24.5 Å². The molecule has 1 N–H and O–H groups in total. The number of aromatic nitrogens is 1. The summed E-state index contributed by atoms with van der Waals surface area (Å²) >= 11 is 0. The van der Waals surface area contributed by atoms with E-state index in [1.54, 1.807) is 0 Å². The lowest BCUT2D eigenvalue weighted by Gasteiger charge is -2.14. The van der Waals surface area contributed by atoms with E-state index in [-0.39, 0.29) is 6.29 Å². The van der Waals surface area contributed by atoms with Gasteiger partial charge in [-0.2, -0.15) is 0 Å². The first-order valence-electron chi connectivity index (χ1n) is 10.3. The maximum Gasteiger partial charge on any atom is 0.157 e. The lowest BCUT2D eigenvalue weighted by Crippen LogP contribution is -2.03. The van der Waals surface area contributed by atoms with E-state index in [9.17, 15) is 0 Å². The molecule has 5 rings (SSSR count). The van der Waals surface area contributed by atoms with Crippen LogP contribution in [0.2, 0.25) is 0 Å².